The van der Waals surface area contributed by atoms with E-state index in [9.17, 15) is 18.0 Å². The average molecular weight is 392 g/mol. The lowest BCUT2D eigenvalue weighted by Gasteiger charge is -2.09. The van der Waals surface area contributed by atoms with E-state index in [1.54, 1.807) is 18.2 Å². The lowest BCUT2D eigenvalue weighted by atomic mass is 10.2. The quantitative estimate of drug-likeness (QED) is 0.707. The van der Waals surface area contributed by atoms with Crippen LogP contribution in [0.3, 0.4) is 0 Å². The van der Waals surface area contributed by atoms with Gasteiger partial charge in [0.25, 0.3) is 5.91 Å². The molecule has 0 bridgehead atoms. The van der Waals surface area contributed by atoms with Gasteiger partial charge in [-0.3, -0.25) is 9.59 Å². The van der Waals surface area contributed by atoms with Crippen LogP contribution in [0.5, 0.6) is 0 Å². The molecule has 1 atom stereocenters. The molecule has 132 valence electrons. The highest BCUT2D eigenvalue weighted by molar-refractivity contribution is 8.02. The number of amides is 1. The first-order valence-electron chi connectivity index (χ1n) is 7.33. The van der Waals surface area contributed by atoms with Crippen LogP contribution in [0, 0.1) is 0 Å². The Labute approximate surface area is 150 Å². The maximum Gasteiger partial charge on any atom is 0.316 e. The Balaban J connectivity index is 1.63. The molecule has 0 radical (unpaired) electrons. The lowest BCUT2D eigenvalue weighted by Crippen LogP contribution is -2.29. The van der Waals surface area contributed by atoms with E-state index in [2.05, 4.69) is 5.32 Å². The second-order valence-electron chi connectivity index (χ2n) is 5.36. The van der Waals surface area contributed by atoms with Crippen LogP contribution in [-0.2, 0) is 30.7 Å². The van der Waals surface area contributed by atoms with Crippen molar-refractivity contribution in [3.05, 3.63) is 34.9 Å². The van der Waals surface area contributed by atoms with Crippen molar-refractivity contribution < 1.29 is 22.7 Å². The summed E-state index contributed by atoms with van der Waals surface area (Å²) in [6.45, 7) is -0.114. The van der Waals surface area contributed by atoms with Gasteiger partial charge in [-0.2, -0.15) is 0 Å². The van der Waals surface area contributed by atoms with E-state index in [1.165, 1.54) is 11.8 Å². The third kappa shape index (κ3) is 6.33. The normalized spacial score (nSPS) is 19.0. The molecule has 1 heterocycles. The molecule has 0 unspecified atom stereocenters. The van der Waals surface area contributed by atoms with Crippen molar-refractivity contribution in [1.82, 2.24) is 5.32 Å². The minimum absolute atomic E-state index is 0.0397. The van der Waals surface area contributed by atoms with Gasteiger partial charge in [-0.05, 0) is 18.1 Å². The zero-order chi connectivity index (χ0) is 17.6. The van der Waals surface area contributed by atoms with Crippen LogP contribution in [0.4, 0.5) is 0 Å². The number of benzene rings is 1. The van der Waals surface area contributed by atoms with Gasteiger partial charge in [-0.25, -0.2) is 8.42 Å². The number of sulfone groups is 1. The van der Waals surface area contributed by atoms with Crippen LogP contribution >= 0.6 is 23.4 Å². The second kappa shape index (κ2) is 8.73. The molecule has 6 nitrogen and oxygen atoms in total. The summed E-state index contributed by atoms with van der Waals surface area (Å²) in [4.78, 5) is 23.3. The topological polar surface area (TPSA) is 89.5 Å². The monoisotopic (exact) mass is 391 g/mol. The zero-order valence-corrected chi connectivity index (χ0v) is 15.3. The summed E-state index contributed by atoms with van der Waals surface area (Å²) < 4.78 is 27.5. The van der Waals surface area contributed by atoms with E-state index < -0.39 is 21.7 Å². The molecule has 1 aromatic rings. The molecule has 24 heavy (non-hydrogen) atoms. The molecule has 1 N–H and O–H groups in total. The molecular formula is C15H18ClNO5S2. The number of hydrogen-bond donors (Lipinski definition) is 1. The van der Waals surface area contributed by atoms with Crippen molar-refractivity contribution in [2.24, 2.45) is 0 Å². The van der Waals surface area contributed by atoms with Gasteiger partial charge in [0.1, 0.15) is 0 Å². The SMILES string of the molecule is O=C(COC(=O)CS[C@H]1CCS(=O)(=O)C1)NCc1ccccc1Cl. The lowest BCUT2D eigenvalue weighted by molar-refractivity contribution is -0.145. The van der Waals surface area contributed by atoms with E-state index in [0.717, 1.165) is 5.56 Å². The molecular weight excluding hydrogens is 374 g/mol. The molecule has 0 spiro atoms. The molecule has 9 heteroatoms. The first-order chi connectivity index (χ1) is 11.4. The Kier molecular flexibility index (Phi) is 6.94. The minimum Gasteiger partial charge on any atom is -0.455 e. The molecule has 1 aliphatic rings. The summed E-state index contributed by atoms with van der Waals surface area (Å²) >= 11 is 7.23. The number of halogens is 1. The highest BCUT2D eigenvalue weighted by Crippen LogP contribution is 2.24. The number of nitrogens with one attached hydrogen (secondary N) is 1. The van der Waals surface area contributed by atoms with Gasteiger partial charge >= 0.3 is 5.97 Å². The van der Waals surface area contributed by atoms with Crippen LogP contribution in [0.1, 0.15) is 12.0 Å². The minimum atomic E-state index is -2.95. The van der Waals surface area contributed by atoms with Crippen LogP contribution in [0.2, 0.25) is 5.02 Å². The zero-order valence-electron chi connectivity index (χ0n) is 12.9. The van der Waals surface area contributed by atoms with Crippen molar-refractivity contribution in [3.8, 4) is 0 Å². The van der Waals surface area contributed by atoms with Crippen molar-refractivity contribution in [3.63, 3.8) is 0 Å². The van der Waals surface area contributed by atoms with Crippen LogP contribution in [0.15, 0.2) is 24.3 Å². The molecule has 0 aliphatic carbocycles. The predicted molar refractivity (Wildman–Crippen MR) is 93.8 cm³/mol. The van der Waals surface area contributed by atoms with E-state index in [1.807, 2.05) is 6.07 Å². The Hall–Kier alpha value is -1.25. The first kappa shape index (κ1) is 19.1. The van der Waals surface area contributed by atoms with Gasteiger partial charge in [-0.15, -0.1) is 11.8 Å². The Morgan fingerprint density at radius 1 is 1.33 bits per heavy atom. The Morgan fingerprint density at radius 2 is 2.08 bits per heavy atom. The largest absolute Gasteiger partial charge is 0.455 e. The van der Waals surface area contributed by atoms with E-state index in [0.29, 0.717) is 11.4 Å². The third-order valence-corrected chi connectivity index (χ3v) is 7.05. The number of ether oxygens (including phenoxy) is 1. The number of esters is 1. The Bertz CT molecular complexity index is 708. The summed E-state index contributed by atoms with van der Waals surface area (Å²) in [5, 5.41) is 3.10. The number of carbonyl (C=O) groups excluding carboxylic acids is 2. The van der Waals surface area contributed by atoms with Crippen molar-refractivity contribution >= 4 is 45.1 Å². The molecule has 1 fully saturated rings. The summed E-state index contributed by atoms with van der Waals surface area (Å²) in [5.41, 5.74) is 0.775. The van der Waals surface area contributed by atoms with Gasteiger partial charge in [0.2, 0.25) is 0 Å². The fourth-order valence-corrected chi connectivity index (χ4v) is 5.79. The number of hydrogen-bond acceptors (Lipinski definition) is 6. The Morgan fingerprint density at radius 3 is 2.75 bits per heavy atom. The van der Waals surface area contributed by atoms with E-state index in [4.69, 9.17) is 16.3 Å². The molecule has 1 saturated heterocycles. The first-order valence-corrected chi connectivity index (χ1v) is 10.6. The molecule has 0 aromatic heterocycles. The molecule has 2 rings (SSSR count). The average Bonchev–Trinajstić information content (AvgIpc) is 2.89. The van der Waals surface area contributed by atoms with Crippen molar-refractivity contribution in [1.29, 1.82) is 0 Å². The number of carbonyl (C=O) groups is 2. The van der Waals surface area contributed by atoms with Gasteiger partial charge in [0, 0.05) is 16.8 Å². The molecule has 0 saturated carbocycles. The van der Waals surface area contributed by atoms with E-state index >= 15 is 0 Å². The maximum atomic E-state index is 11.7. The number of thioether (sulfide) groups is 1. The summed E-state index contributed by atoms with van der Waals surface area (Å²) in [5.74, 6) is -0.639. The second-order valence-corrected chi connectivity index (χ2v) is 9.29. The fraction of sp³-hybridized carbons (Fsp3) is 0.467. The van der Waals surface area contributed by atoms with Gasteiger partial charge < -0.3 is 10.1 Å². The smallest absolute Gasteiger partial charge is 0.316 e. The van der Waals surface area contributed by atoms with Gasteiger partial charge in [0.05, 0.1) is 17.3 Å². The molecule has 1 aliphatic heterocycles. The molecule has 1 aromatic carbocycles. The third-order valence-electron chi connectivity index (χ3n) is 3.43. The molecule has 1 amide bonds. The summed E-state index contributed by atoms with van der Waals surface area (Å²) in [6.07, 6.45) is 0.554. The number of rotatable bonds is 7. The van der Waals surface area contributed by atoms with Gasteiger partial charge in [0.15, 0.2) is 16.4 Å². The van der Waals surface area contributed by atoms with Crippen molar-refractivity contribution in [2.75, 3.05) is 23.9 Å². The van der Waals surface area contributed by atoms with Crippen LogP contribution in [-0.4, -0.2) is 49.4 Å². The summed E-state index contributed by atoms with van der Waals surface area (Å²) in [7, 11) is -2.95. The summed E-state index contributed by atoms with van der Waals surface area (Å²) in [6, 6.07) is 7.13. The van der Waals surface area contributed by atoms with Crippen LogP contribution < -0.4 is 5.32 Å². The highest BCUT2D eigenvalue weighted by Gasteiger charge is 2.28. The van der Waals surface area contributed by atoms with Crippen molar-refractivity contribution in [2.45, 2.75) is 18.2 Å². The van der Waals surface area contributed by atoms with Gasteiger partial charge in [-0.1, -0.05) is 29.8 Å². The van der Waals surface area contributed by atoms with E-state index in [-0.39, 0.29) is 35.7 Å². The highest BCUT2D eigenvalue weighted by atomic mass is 35.5. The predicted octanol–water partition coefficient (Wildman–Crippen LogP) is 1.42. The maximum absolute atomic E-state index is 11.7. The standard InChI is InChI=1S/C15H18ClNO5S2/c16-13-4-2-1-3-11(13)7-17-14(18)8-22-15(19)9-23-12-5-6-24(20,21)10-12/h1-4,12H,5-10H2,(H,17,18)/t12-/m0/s1. The van der Waals surface area contributed by atoms with Crippen LogP contribution in [0.25, 0.3) is 0 Å². The fourth-order valence-electron chi connectivity index (χ4n) is 2.15.